The number of guanidine groups is 1. The van der Waals surface area contributed by atoms with Crippen LogP contribution in [0, 0.1) is 5.92 Å². The Bertz CT molecular complexity index is 731. The standard InChI is InChI=1S/C19H27N5O2S/c1-20-19(21-11-16-14-26-18(22-16)17-3-2-10-27-17)24-7-5-23(6-8-24)12-15-4-9-25-13-15/h2-3,10,14-15H,4-9,11-13H2,1H3,(H,20,21). The highest BCUT2D eigenvalue weighted by atomic mass is 32.1. The summed E-state index contributed by atoms with van der Waals surface area (Å²) in [6.07, 6.45) is 2.92. The molecule has 8 heteroatoms. The molecule has 2 saturated heterocycles. The molecule has 0 aromatic carbocycles. The van der Waals surface area contributed by atoms with Crippen LogP contribution in [-0.4, -0.2) is 73.7 Å². The van der Waals surface area contributed by atoms with Crippen molar-refractivity contribution in [3.8, 4) is 10.8 Å². The second-order valence-corrected chi connectivity index (χ2v) is 7.99. The number of aromatic nitrogens is 1. The molecule has 1 N–H and O–H groups in total. The molecule has 2 aromatic heterocycles. The Morgan fingerprint density at radius 3 is 2.96 bits per heavy atom. The minimum atomic E-state index is 0.612. The zero-order valence-corrected chi connectivity index (χ0v) is 16.6. The van der Waals surface area contributed by atoms with Crippen LogP contribution in [0.3, 0.4) is 0 Å². The van der Waals surface area contributed by atoms with Gasteiger partial charge in [0.05, 0.1) is 23.7 Å². The zero-order chi connectivity index (χ0) is 18.5. The lowest BCUT2D eigenvalue weighted by molar-refractivity contribution is 0.139. The number of thiophene rings is 1. The quantitative estimate of drug-likeness (QED) is 0.624. The lowest BCUT2D eigenvalue weighted by Crippen LogP contribution is -2.53. The first-order valence-corrected chi connectivity index (χ1v) is 10.4. The van der Waals surface area contributed by atoms with Crippen LogP contribution >= 0.6 is 11.3 Å². The van der Waals surface area contributed by atoms with E-state index in [0.29, 0.717) is 18.4 Å². The Hall–Kier alpha value is -1.90. The third-order valence-electron chi connectivity index (χ3n) is 5.14. The van der Waals surface area contributed by atoms with E-state index in [0.717, 1.165) is 62.5 Å². The number of hydrogen-bond donors (Lipinski definition) is 1. The fourth-order valence-electron chi connectivity index (χ4n) is 3.64. The Morgan fingerprint density at radius 1 is 1.37 bits per heavy atom. The largest absolute Gasteiger partial charge is 0.443 e. The molecule has 2 fully saturated rings. The van der Waals surface area contributed by atoms with E-state index >= 15 is 0 Å². The Kier molecular flexibility index (Phi) is 6.06. The molecule has 2 aliphatic rings. The van der Waals surface area contributed by atoms with Gasteiger partial charge in [-0.1, -0.05) is 6.07 Å². The van der Waals surface area contributed by atoms with Crippen LogP contribution in [0.2, 0.25) is 0 Å². The summed E-state index contributed by atoms with van der Waals surface area (Å²) in [4.78, 5) is 14.9. The minimum absolute atomic E-state index is 0.612. The summed E-state index contributed by atoms with van der Waals surface area (Å²) in [6, 6.07) is 4.02. The number of piperazine rings is 1. The summed E-state index contributed by atoms with van der Waals surface area (Å²) in [6.45, 7) is 7.75. The van der Waals surface area contributed by atoms with Crippen molar-refractivity contribution in [3.63, 3.8) is 0 Å². The first-order chi connectivity index (χ1) is 13.3. The SMILES string of the molecule is CN=C(NCc1coc(-c2cccs2)n1)N1CCN(CC2CCOC2)CC1. The number of hydrogen-bond acceptors (Lipinski definition) is 6. The molecule has 146 valence electrons. The van der Waals surface area contributed by atoms with Gasteiger partial charge in [-0.25, -0.2) is 4.98 Å². The van der Waals surface area contributed by atoms with Crippen molar-refractivity contribution < 1.29 is 9.15 Å². The van der Waals surface area contributed by atoms with Crippen LogP contribution in [0.15, 0.2) is 33.2 Å². The summed E-state index contributed by atoms with van der Waals surface area (Å²) < 4.78 is 11.1. The van der Waals surface area contributed by atoms with E-state index in [-0.39, 0.29) is 0 Å². The van der Waals surface area contributed by atoms with Crippen molar-refractivity contribution in [2.45, 2.75) is 13.0 Å². The molecule has 1 atom stereocenters. The van der Waals surface area contributed by atoms with Crippen molar-refractivity contribution in [2.75, 3.05) is 53.0 Å². The van der Waals surface area contributed by atoms with E-state index in [9.17, 15) is 0 Å². The van der Waals surface area contributed by atoms with Gasteiger partial charge in [0.1, 0.15) is 6.26 Å². The van der Waals surface area contributed by atoms with Gasteiger partial charge in [0, 0.05) is 46.4 Å². The predicted molar refractivity (Wildman–Crippen MR) is 107 cm³/mol. The Balaban J connectivity index is 1.25. The van der Waals surface area contributed by atoms with Crippen molar-refractivity contribution in [2.24, 2.45) is 10.9 Å². The molecular formula is C19H27N5O2S. The molecule has 0 radical (unpaired) electrons. The van der Waals surface area contributed by atoms with Gasteiger partial charge in [0.15, 0.2) is 5.96 Å². The van der Waals surface area contributed by atoms with E-state index in [1.54, 1.807) is 17.6 Å². The van der Waals surface area contributed by atoms with Gasteiger partial charge in [-0.05, 0) is 23.8 Å². The lowest BCUT2D eigenvalue weighted by atomic mass is 10.1. The highest BCUT2D eigenvalue weighted by Gasteiger charge is 2.24. The molecule has 0 saturated carbocycles. The van der Waals surface area contributed by atoms with Crippen molar-refractivity contribution in [3.05, 3.63) is 29.5 Å². The fourth-order valence-corrected chi connectivity index (χ4v) is 4.29. The monoisotopic (exact) mass is 389 g/mol. The molecule has 0 aliphatic carbocycles. The number of nitrogens with one attached hydrogen (secondary N) is 1. The fraction of sp³-hybridized carbons (Fsp3) is 0.579. The molecular weight excluding hydrogens is 362 g/mol. The average molecular weight is 390 g/mol. The maximum absolute atomic E-state index is 5.59. The second-order valence-electron chi connectivity index (χ2n) is 7.04. The first-order valence-electron chi connectivity index (χ1n) is 9.56. The van der Waals surface area contributed by atoms with Crippen LogP contribution in [0.25, 0.3) is 10.8 Å². The van der Waals surface area contributed by atoms with Crippen LogP contribution in [0.1, 0.15) is 12.1 Å². The van der Waals surface area contributed by atoms with Gasteiger partial charge >= 0.3 is 0 Å². The second kappa shape index (κ2) is 8.86. The Labute approximate surface area is 164 Å². The number of rotatable bonds is 5. The van der Waals surface area contributed by atoms with Gasteiger partial charge in [0.25, 0.3) is 0 Å². The smallest absolute Gasteiger partial charge is 0.236 e. The molecule has 4 heterocycles. The molecule has 0 amide bonds. The van der Waals surface area contributed by atoms with Gasteiger partial charge in [-0.15, -0.1) is 11.3 Å². The van der Waals surface area contributed by atoms with Gasteiger partial charge in [-0.3, -0.25) is 9.89 Å². The Morgan fingerprint density at radius 2 is 2.26 bits per heavy atom. The maximum atomic E-state index is 5.59. The predicted octanol–water partition coefficient (Wildman–Crippen LogP) is 2.13. The molecule has 1 unspecified atom stereocenters. The summed E-state index contributed by atoms with van der Waals surface area (Å²) in [5, 5.41) is 5.45. The maximum Gasteiger partial charge on any atom is 0.236 e. The van der Waals surface area contributed by atoms with E-state index in [1.165, 1.54) is 6.42 Å². The molecule has 0 spiro atoms. The minimum Gasteiger partial charge on any atom is -0.443 e. The third-order valence-corrected chi connectivity index (χ3v) is 5.99. The topological polar surface area (TPSA) is 66.1 Å². The van der Waals surface area contributed by atoms with Crippen LogP contribution in [0.5, 0.6) is 0 Å². The van der Waals surface area contributed by atoms with Gasteiger partial charge in [0.2, 0.25) is 5.89 Å². The summed E-state index contributed by atoms with van der Waals surface area (Å²) >= 11 is 1.63. The van der Waals surface area contributed by atoms with Crippen molar-refractivity contribution in [1.29, 1.82) is 0 Å². The van der Waals surface area contributed by atoms with E-state index in [4.69, 9.17) is 9.15 Å². The van der Waals surface area contributed by atoms with E-state index in [1.807, 2.05) is 24.6 Å². The number of ether oxygens (including phenoxy) is 1. The average Bonchev–Trinajstić information content (AvgIpc) is 3.46. The number of oxazole rings is 1. The lowest BCUT2D eigenvalue weighted by Gasteiger charge is -2.37. The van der Waals surface area contributed by atoms with E-state index in [2.05, 4.69) is 25.1 Å². The molecule has 0 bridgehead atoms. The first kappa shape index (κ1) is 18.5. The van der Waals surface area contributed by atoms with Crippen molar-refractivity contribution in [1.82, 2.24) is 20.1 Å². The third kappa shape index (κ3) is 4.69. The zero-order valence-electron chi connectivity index (χ0n) is 15.8. The summed E-state index contributed by atoms with van der Waals surface area (Å²) in [5.74, 6) is 2.32. The molecule has 2 aromatic rings. The normalized spacial score (nSPS) is 21.7. The highest BCUT2D eigenvalue weighted by molar-refractivity contribution is 7.13. The number of nitrogens with zero attached hydrogens (tertiary/aromatic N) is 4. The van der Waals surface area contributed by atoms with E-state index < -0.39 is 0 Å². The van der Waals surface area contributed by atoms with Crippen LogP contribution in [0.4, 0.5) is 0 Å². The van der Waals surface area contributed by atoms with Crippen molar-refractivity contribution >= 4 is 17.3 Å². The highest BCUT2D eigenvalue weighted by Crippen LogP contribution is 2.23. The summed E-state index contributed by atoms with van der Waals surface area (Å²) in [5.41, 5.74) is 0.888. The molecule has 7 nitrogen and oxygen atoms in total. The summed E-state index contributed by atoms with van der Waals surface area (Å²) in [7, 11) is 1.84. The molecule has 2 aliphatic heterocycles. The van der Waals surface area contributed by atoms with Crippen LogP contribution < -0.4 is 5.32 Å². The number of aliphatic imine (C=N–C) groups is 1. The van der Waals surface area contributed by atoms with Gasteiger partial charge in [-0.2, -0.15) is 0 Å². The van der Waals surface area contributed by atoms with Crippen LogP contribution in [-0.2, 0) is 11.3 Å². The molecule has 4 rings (SSSR count). The van der Waals surface area contributed by atoms with Gasteiger partial charge < -0.3 is 19.4 Å². The molecule has 27 heavy (non-hydrogen) atoms.